The lowest BCUT2D eigenvalue weighted by atomic mass is 9.97. The normalized spacial score (nSPS) is 20.5. The largest absolute Gasteiger partial charge is 0.488 e. The summed E-state index contributed by atoms with van der Waals surface area (Å²) in [5, 5.41) is 11.0. The molecule has 1 aliphatic heterocycles. The number of carbonyl (C=O) groups excluding carboxylic acids is 1. The number of carbonyl (C=O) groups is 1. The van der Waals surface area contributed by atoms with Crippen molar-refractivity contribution in [1.29, 1.82) is 0 Å². The Bertz CT molecular complexity index is 747. The Hall–Kier alpha value is -2.34. The van der Waals surface area contributed by atoms with Gasteiger partial charge in [-0.15, -0.1) is 0 Å². The summed E-state index contributed by atoms with van der Waals surface area (Å²) in [5.74, 6) is -0.742. The molecule has 0 bridgehead atoms. The molecule has 2 aromatic rings. The minimum atomic E-state index is -2.12. The van der Waals surface area contributed by atoms with Gasteiger partial charge in [-0.3, -0.25) is 0 Å². The minimum Gasteiger partial charge on any atom is -0.488 e. The molecular formula is C14H12O6. The SMILES string of the molecule is CCOC(=O)C1(O)COc2c1c(=O)oc1ccccc21. The Morgan fingerprint density at radius 1 is 1.45 bits per heavy atom. The first-order valence-corrected chi connectivity index (χ1v) is 6.16. The molecule has 104 valence electrons. The standard InChI is InChI=1S/C14H12O6/c1-2-18-13(16)14(17)7-19-11-8-5-3-4-6-9(8)20-12(15)10(11)14/h3-6,17H,2,7H2,1H3. The fourth-order valence-electron chi connectivity index (χ4n) is 2.29. The number of esters is 1. The first-order valence-electron chi connectivity index (χ1n) is 6.16. The lowest BCUT2D eigenvalue weighted by molar-refractivity contribution is -0.167. The zero-order valence-electron chi connectivity index (χ0n) is 10.7. The van der Waals surface area contributed by atoms with E-state index >= 15 is 0 Å². The van der Waals surface area contributed by atoms with Crippen molar-refractivity contribution in [2.45, 2.75) is 12.5 Å². The van der Waals surface area contributed by atoms with E-state index in [9.17, 15) is 14.7 Å². The summed E-state index contributed by atoms with van der Waals surface area (Å²) in [6.07, 6.45) is 0. The van der Waals surface area contributed by atoms with Crippen LogP contribution in [0.4, 0.5) is 0 Å². The molecule has 20 heavy (non-hydrogen) atoms. The van der Waals surface area contributed by atoms with Gasteiger partial charge in [0.25, 0.3) is 0 Å². The zero-order valence-corrected chi connectivity index (χ0v) is 10.7. The van der Waals surface area contributed by atoms with Gasteiger partial charge in [-0.2, -0.15) is 0 Å². The number of hydrogen-bond acceptors (Lipinski definition) is 6. The lowest BCUT2D eigenvalue weighted by Crippen LogP contribution is -2.41. The fourth-order valence-corrected chi connectivity index (χ4v) is 2.29. The molecule has 0 saturated carbocycles. The molecule has 6 nitrogen and oxygen atoms in total. The van der Waals surface area contributed by atoms with Crippen LogP contribution in [0.5, 0.6) is 5.75 Å². The summed E-state index contributed by atoms with van der Waals surface area (Å²) in [5.41, 5.74) is -2.78. The molecular weight excluding hydrogens is 264 g/mol. The van der Waals surface area contributed by atoms with E-state index in [1.165, 1.54) is 0 Å². The average Bonchev–Trinajstić information content (AvgIpc) is 2.80. The fraction of sp³-hybridized carbons (Fsp3) is 0.286. The van der Waals surface area contributed by atoms with Crippen molar-refractivity contribution < 1.29 is 23.8 Å². The highest BCUT2D eigenvalue weighted by atomic mass is 16.6. The summed E-state index contributed by atoms with van der Waals surface area (Å²) in [6.45, 7) is 1.34. The van der Waals surface area contributed by atoms with Gasteiger partial charge < -0.3 is 19.0 Å². The summed E-state index contributed by atoms with van der Waals surface area (Å²) >= 11 is 0. The van der Waals surface area contributed by atoms with Gasteiger partial charge in [-0.1, -0.05) is 12.1 Å². The van der Waals surface area contributed by atoms with Crippen LogP contribution in [0.3, 0.4) is 0 Å². The third-order valence-corrected chi connectivity index (χ3v) is 3.22. The van der Waals surface area contributed by atoms with Crippen LogP contribution in [-0.2, 0) is 15.1 Å². The van der Waals surface area contributed by atoms with E-state index < -0.39 is 17.2 Å². The number of hydrogen-bond donors (Lipinski definition) is 1. The summed E-state index contributed by atoms with van der Waals surface area (Å²) in [6, 6.07) is 6.76. The summed E-state index contributed by atoms with van der Waals surface area (Å²) < 4.78 is 15.3. The highest BCUT2D eigenvalue weighted by molar-refractivity contribution is 5.90. The molecule has 0 fully saturated rings. The topological polar surface area (TPSA) is 86.0 Å². The van der Waals surface area contributed by atoms with E-state index in [0.717, 1.165) is 0 Å². The molecule has 0 saturated heterocycles. The molecule has 0 radical (unpaired) electrons. The maximum Gasteiger partial charge on any atom is 0.346 e. The van der Waals surface area contributed by atoms with E-state index in [1.54, 1.807) is 31.2 Å². The monoisotopic (exact) mass is 276 g/mol. The van der Waals surface area contributed by atoms with E-state index in [0.29, 0.717) is 11.0 Å². The second kappa shape index (κ2) is 4.35. The maximum atomic E-state index is 12.0. The van der Waals surface area contributed by atoms with Gasteiger partial charge >= 0.3 is 11.6 Å². The van der Waals surface area contributed by atoms with Crippen LogP contribution in [-0.4, -0.2) is 24.3 Å². The number of fused-ring (bicyclic) bond motifs is 3. The van der Waals surface area contributed by atoms with Crippen LogP contribution in [0.25, 0.3) is 11.0 Å². The Morgan fingerprint density at radius 2 is 2.20 bits per heavy atom. The Morgan fingerprint density at radius 3 is 2.95 bits per heavy atom. The van der Waals surface area contributed by atoms with E-state index in [1.807, 2.05) is 0 Å². The van der Waals surface area contributed by atoms with Gasteiger partial charge in [0.1, 0.15) is 23.5 Å². The molecule has 0 spiro atoms. The molecule has 1 N–H and O–H groups in total. The smallest absolute Gasteiger partial charge is 0.346 e. The van der Waals surface area contributed by atoms with Crippen LogP contribution in [0.2, 0.25) is 0 Å². The van der Waals surface area contributed by atoms with Crippen molar-refractivity contribution in [3.63, 3.8) is 0 Å². The molecule has 6 heteroatoms. The van der Waals surface area contributed by atoms with Crippen molar-refractivity contribution >= 4 is 16.9 Å². The molecule has 1 aliphatic rings. The number of benzene rings is 1. The van der Waals surface area contributed by atoms with Crippen LogP contribution < -0.4 is 10.4 Å². The quantitative estimate of drug-likeness (QED) is 0.649. The van der Waals surface area contributed by atoms with E-state index in [2.05, 4.69) is 0 Å². The molecule has 0 aliphatic carbocycles. The third-order valence-electron chi connectivity index (χ3n) is 3.22. The molecule has 0 amide bonds. The molecule has 3 rings (SSSR count). The van der Waals surface area contributed by atoms with Gasteiger partial charge in [0.15, 0.2) is 0 Å². The summed E-state index contributed by atoms with van der Waals surface area (Å²) in [7, 11) is 0. The Labute approximate surface area is 113 Å². The van der Waals surface area contributed by atoms with Crippen LogP contribution >= 0.6 is 0 Å². The molecule has 1 aromatic heterocycles. The number of ether oxygens (including phenoxy) is 2. The zero-order chi connectivity index (χ0) is 14.3. The molecule has 1 aromatic carbocycles. The second-order valence-electron chi connectivity index (χ2n) is 4.46. The van der Waals surface area contributed by atoms with Crippen molar-refractivity contribution in [2.24, 2.45) is 0 Å². The van der Waals surface area contributed by atoms with Gasteiger partial charge in [0, 0.05) is 0 Å². The lowest BCUT2D eigenvalue weighted by Gasteiger charge is -2.17. The van der Waals surface area contributed by atoms with E-state index in [4.69, 9.17) is 13.9 Å². The Kier molecular flexibility index (Phi) is 2.76. The first kappa shape index (κ1) is 12.7. The molecule has 2 heterocycles. The second-order valence-corrected chi connectivity index (χ2v) is 4.46. The minimum absolute atomic E-state index is 0.0927. The maximum absolute atomic E-state index is 12.0. The predicted octanol–water partition coefficient (Wildman–Crippen LogP) is 0.936. The van der Waals surface area contributed by atoms with Crippen molar-refractivity contribution in [2.75, 3.05) is 13.2 Å². The van der Waals surface area contributed by atoms with Crippen molar-refractivity contribution in [3.05, 3.63) is 40.2 Å². The number of para-hydroxylation sites is 1. The average molecular weight is 276 g/mol. The number of aliphatic hydroxyl groups is 1. The van der Waals surface area contributed by atoms with Gasteiger partial charge in [-0.05, 0) is 19.1 Å². The van der Waals surface area contributed by atoms with Crippen molar-refractivity contribution in [3.8, 4) is 5.75 Å². The highest BCUT2D eigenvalue weighted by Crippen LogP contribution is 2.40. The van der Waals surface area contributed by atoms with Crippen LogP contribution in [0.15, 0.2) is 33.5 Å². The number of rotatable bonds is 2. The van der Waals surface area contributed by atoms with Gasteiger partial charge in [-0.25, -0.2) is 9.59 Å². The van der Waals surface area contributed by atoms with Gasteiger partial charge in [0.2, 0.25) is 5.60 Å². The van der Waals surface area contributed by atoms with E-state index in [-0.39, 0.29) is 24.5 Å². The third kappa shape index (κ3) is 1.61. The predicted molar refractivity (Wildman–Crippen MR) is 68.5 cm³/mol. The van der Waals surface area contributed by atoms with Crippen LogP contribution in [0.1, 0.15) is 12.5 Å². The van der Waals surface area contributed by atoms with Crippen LogP contribution in [0, 0.1) is 0 Å². The Balaban J connectivity index is 2.26. The molecule has 1 atom stereocenters. The summed E-state index contributed by atoms with van der Waals surface area (Å²) in [4.78, 5) is 23.9. The van der Waals surface area contributed by atoms with Gasteiger partial charge in [0.05, 0.1) is 12.0 Å². The first-order chi connectivity index (χ1) is 9.58. The van der Waals surface area contributed by atoms with Crippen molar-refractivity contribution in [1.82, 2.24) is 0 Å². The molecule has 1 unspecified atom stereocenters. The highest BCUT2D eigenvalue weighted by Gasteiger charge is 2.51.